The maximum atomic E-state index is 12.6. The molecule has 1 aromatic heterocycles. The minimum atomic E-state index is -0.714. The van der Waals surface area contributed by atoms with Crippen LogP contribution in [0.5, 0.6) is 0 Å². The molecule has 0 amide bonds. The Balaban J connectivity index is 2.30. The first-order valence-corrected chi connectivity index (χ1v) is 8.28. The molecule has 0 N–H and O–H groups in total. The van der Waals surface area contributed by atoms with E-state index >= 15 is 0 Å². The highest BCUT2D eigenvalue weighted by molar-refractivity contribution is 5.72. The highest BCUT2D eigenvalue weighted by Crippen LogP contribution is 2.18. The number of hydrogen-bond donors (Lipinski definition) is 0. The predicted molar refractivity (Wildman–Crippen MR) is 92.4 cm³/mol. The van der Waals surface area contributed by atoms with Gasteiger partial charge < -0.3 is 9.47 Å². The Morgan fingerprint density at radius 3 is 2.36 bits per heavy atom. The van der Waals surface area contributed by atoms with Gasteiger partial charge in [-0.05, 0) is 25.8 Å². The monoisotopic (exact) mass is 346 g/mol. The lowest BCUT2D eigenvalue weighted by Gasteiger charge is -2.07. The Bertz CT molecular complexity index is 777. The van der Waals surface area contributed by atoms with Gasteiger partial charge in [0.05, 0.1) is 18.9 Å². The third kappa shape index (κ3) is 4.59. The summed E-state index contributed by atoms with van der Waals surface area (Å²) in [6, 6.07) is 9.28. The molecule has 0 radical (unpaired) electrons. The van der Waals surface area contributed by atoms with Crippen molar-refractivity contribution in [1.29, 1.82) is 0 Å². The molecular weight excluding hydrogens is 324 g/mol. The molecule has 0 aliphatic rings. The smallest absolute Gasteiger partial charge is 0.422 e. The van der Waals surface area contributed by atoms with E-state index in [1.165, 1.54) is 10.8 Å². The molecule has 0 bridgehead atoms. The maximum Gasteiger partial charge on any atom is 0.422 e. The van der Waals surface area contributed by atoms with Gasteiger partial charge in [0.25, 0.3) is 0 Å². The molecule has 7 nitrogen and oxygen atoms in total. The molecule has 7 heteroatoms. The van der Waals surface area contributed by atoms with Crippen molar-refractivity contribution >= 4 is 12.1 Å². The predicted octanol–water partition coefficient (Wildman–Crippen LogP) is 2.66. The van der Waals surface area contributed by atoms with E-state index in [0.717, 1.165) is 10.1 Å². The molecule has 1 heterocycles. The summed E-state index contributed by atoms with van der Waals surface area (Å²) in [5.41, 5.74) is 0.919. The van der Waals surface area contributed by atoms with Gasteiger partial charge >= 0.3 is 17.8 Å². The van der Waals surface area contributed by atoms with Gasteiger partial charge in [-0.25, -0.2) is 14.2 Å². The Morgan fingerprint density at radius 1 is 1.04 bits per heavy atom. The summed E-state index contributed by atoms with van der Waals surface area (Å²) >= 11 is 0. The van der Waals surface area contributed by atoms with Crippen LogP contribution in [-0.2, 0) is 20.8 Å². The number of carbonyl (C=O) groups excluding carboxylic acids is 2. The van der Waals surface area contributed by atoms with Crippen LogP contribution in [0.3, 0.4) is 0 Å². The van der Waals surface area contributed by atoms with Crippen LogP contribution in [0.1, 0.15) is 26.7 Å². The molecule has 0 unspecified atom stereocenters. The lowest BCUT2D eigenvalue weighted by atomic mass is 10.1. The minimum absolute atomic E-state index is 0.181. The average molecular weight is 346 g/mol. The highest BCUT2D eigenvalue weighted by Gasteiger charge is 2.18. The summed E-state index contributed by atoms with van der Waals surface area (Å²) in [6.07, 6.45) is 1.40. The number of aromatic nitrogens is 2. The van der Waals surface area contributed by atoms with Crippen LogP contribution in [0.4, 0.5) is 4.79 Å². The Morgan fingerprint density at radius 2 is 1.72 bits per heavy atom. The normalized spacial score (nSPS) is 10.5. The summed E-state index contributed by atoms with van der Waals surface area (Å²) in [7, 11) is 0. The van der Waals surface area contributed by atoms with Crippen molar-refractivity contribution in [2.45, 2.75) is 33.2 Å². The lowest BCUT2D eigenvalue weighted by molar-refractivity contribution is -0.143. The third-order valence-corrected chi connectivity index (χ3v) is 3.58. The quantitative estimate of drug-likeness (QED) is 0.720. The number of benzene rings is 1. The van der Waals surface area contributed by atoms with E-state index in [1.54, 1.807) is 13.8 Å². The van der Waals surface area contributed by atoms with Crippen LogP contribution < -0.4 is 5.69 Å². The number of imidazole rings is 1. The molecule has 25 heavy (non-hydrogen) atoms. The van der Waals surface area contributed by atoms with Gasteiger partial charge in [-0.15, -0.1) is 0 Å². The number of ether oxygens (including phenoxy) is 2. The van der Waals surface area contributed by atoms with E-state index in [9.17, 15) is 14.4 Å². The first-order valence-electron chi connectivity index (χ1n) is 8.28. The van der Waals surface area contributed by atoms with Crippen LogP contribution in [0, 0.1) is 0 Å². The minimum Gasteiger partial charge on any atom is -0.466 e. The Kier molecular flexibility index (Phi) is 6.56. The summed E-state index contributed by atoms with van der Waals surface area (Å²) in [6.45, 7) is 4.23. The molecular formula is C18H22N2O5. The van der Waals surface area contributed by atoms with Gasteiger partial charge in [0.15, 0.2) is 0 Å². The summed E-state index contributed by atoms with van der Waals surface area (Å²) in [5.74, 6) is -0.304. The van der Waals surface area contributed by atoms with E-state index in [2.05, 4.69) is 0 Å². The molecule has 2 rings (SSSR count). The standard InChI is InChI=1S/C18H22N2O5/c1-3-24-16(21)11-8-12-19-15(14-9-6-5-7-10-14)13-20(17(19)22)18(23)25-4-2/h5-7,9-10,13H,3-4,8,11-12H2,1-2H3. The van der Waals surface area contributed by atoms with E-state index in [0.29, 0.717) is 25.3 Å². The van der Waals surface area contributed by atoms with Gasteiger partial charge in [-0.3, -0.25) is 9.36 Å². The van der Waals surface area contributed by atoms with E-state index < -0.39 is 11.8 Å². The van der Waals surface area contributed by atoms with Crippen molar-refractivity contribution in [2.24, 2.45) is 0 Å². The average Bonchev–Trinajstić information content (AvgIpc) is 2.93. The number of rotatable bonds is 7. The second kappa shape index (κ2) is 8.86. The lowest BCUT2D eigenvalue weighted by Crippen LogP contribution is -2.30. The topological polar surface area (TPSA) is 79.5 Å². The SMILES string of the molecule is CCOC(=O)CCCn1c(-c2ccccc2)cn(C(=O)OCC)c1=O. The Hall–Kier alpha value is -2.83. The fraction of sp³-hybridized carbons (Fsp3) is 0.389. The first-order chi connectivity index (χ1) is 12.1. The molecule has 0 saturated carbocycles. The van der Waals surface area contributed by atoms with Crippen LogP contribution >= 0.6 is 0 Å². The molecule has 134 valence electrons. The zero-order valence-electron chi connectivity index (χ0n) is 14.4. The molecule has 0 saturated heterocycles. The zero-order valence-corrected chi connectivity index (χ0v) is 14.4. The third-order valence-electron chi connectivity index (χ3n) is 3.58. The van der Waals surface area contributed by atoms with Crippen molar-refractivity contribution in [3.8, 4) is 11.3 Å². The number of carbonyl (C=O) groups is 2. The molecule has 0 atom stereocenters. The fourth-order valence-electron chi connectivity index (χ4n) is 2.47. The van der Waals surface area contributed by atoms with Crippen LogP contribution in [-0.4, -0.2) is 34.4 Å². The first kappa shape index (κ1) is 18.5. The van der Waals surface area contributed by atoms with Crippen LogP contribution in [0.25, 0.3) is 11.3 Å². The van der Waals surface area contributed by atoms with Crippen molar-refractivity contribution in [3.63, 3.8) is 0 Å². The van der Waals surface area contributed by atoms with Crippen LogP contribution in [0.15, 0.2) is 41.3 Å². The van der Waals surface area contributed by atoms with Gasteiger partial charge in [0.1, 0.15) is 0 Å². The molecule has 0 spiro atoms. The highest BCUT2D eigenvalue weighted by atomic mass is 16.5. The second-order valence-electron chi connectivity index (χ2n) is 5.29. The number of esters is 1. The van der Waals surface area contributed by atoms with Gasteiger partial charge in [0.2, 0.25) is 0 Å². The van der Waals surface area contributed by atoms with Gasteiger partial charge in [0, 0.05) is 19.2 Å². The summed E-state index contributed by atoms with van der Waals surface area (Å²) in [4.78, 5) is 36.1. The fourth-order valence-corrected chi connectivity index (χ4v) is 2.47. The number of nitrogens with zero attached hydrogens (tertiary/aromatic N) is 2. The summed E-state index contributed by atoms with van der Waals surface area (Å²) < 4.78 is 12.3. The van der Waals surface area contributed by atoms with Crippen molar-refractivity contribution in [1.82, 2.24) is 9.13 Å². The molecule has 0 aliphatic carbocycles. The van der Waals surface area contributed by atoms with Crippen molar-refractivity contribution < 1.29 is 19.1 Å². The van der Waals surface area contributed by atoms with Crippen molar-refractivity contribution in [2.75, 3.05) is 13.2 Å². The number of hydrogen-bond acceptors (Lipinski definition) is 5. The molecule has 0 aliphatic heterocycles. The summed E-state index contributed by atoms with van der Waals surface area (Å²) in [5, 5.41) is 0. The molecule has 0 fully saturated rings. The Labute approximate surface area is 145 Å². The molecule has 1 aromatic carbocycles. The van der Waals surface area contributed by atoms with Gasteiger partial charge in [-0.1, -0.05) is 30.3 Å². The second-order valence-corrected chi connectivity index (χ2v) is 5.29. The van der Waals surface area contributed by atoms with Crippen molar-refractivity contribution in [3.05, 3.63) is 47.0 Å². The van der Waals surface area contributed by atoms with Gasteiger partial charge in [-0.2, -0.15) is 0 Å². The van der Waals surface area contributed by atoms with E-state index in [4.69, 9.17) is 9.47 Å². The van der Waals surface area contributed by atoms with E-state index in [-0.39, 0.29) is 19.0 Å². The van der Waals surface area contributed by atoms with E-state index in [1.807, 2.05) is 30.3 Å². The maximum absolute atomic E-state index is 12.6. The van der Waals surface area contributed by atoms with Crippen LogP contribution in [0.2, 0.25) is 0 Å². The largest absolute Gasteiger partial charge is 0.466 e. The molecule has 2 aromatic rings. The zero-order chi connectivity index (χ0) is 18.2.